The molecule has 2 rings (SSSR count). The van der Waals surface area contributed by atoms with Gasteiger partial charge in [-0.2, -0.15) is 13.2 Å². The number of sulfone groups is 1. The predicted molar refractivity (Wildman–Crippen MR) is 65.9 cm³/mol. The molecule has 4 nitrogen and oxygen atoms in total. The summed E-state index contributed by atoms with van der Waals surface area (Å²) in [5.74, 6) is 0.338. The van der Waals surface area contributed by atoms with Gasteiger partial charge in [-0.15, -0.1) is 0 Å². The molecular formula is C12H14F3NO3S. The summed E-state index contributed by atoms with van der Waals surface area (Å²) in [6.07, 6.45) is 2.23. The van der Waals surface area contributed by atoms with Crippen LogP contribution in [0.5, 0.6) is 5.75 Å². The van der Waals surface area contributed by atoms with Crippen LogP contribution in [0.1, 0.15) is 19.3 Å². The summed E-state index contributed by atoms with van der Waals surface area (Å²) < 4.78 is 65.0. The number of ether oxygens (including phenoxy) is 1. The Bertz CT molecular complexity index is 569. The molecule has 0 spiro atoms. The van der Waals surface area contributed by atoms with E-state index in [-0.39, 0.29) is 12.1 Å². The fourth-order valence-electron chi connectivity index (χ4n) is 2.10. The fraction of sp³-hybridized carbons (Fsp3) is 0.500. The zero-order chi connectivity index (χ0) is 15.0. The van der Waals surface area contributed by atoms with Crippen LogP contribution in [-0.4, -0.2) is 26.1 Å². The van der Waals surface area contributed by atoms with Crippen molar-refractivity contribution in [3.8, 4) is 5.75 Å². The first kappa shape index (κ1) is 15.1. The number of hydrogen-bond donors (Lipinski definition) is 1. The quantitative estimate of drug-likeness (QED) is 0.929. The van der Waals surface area contributed by atoms with Crippen LogP contribution in [0, 0.1) is 0 Å². The molecule has 0 radical (unpaired) electrons. The zero-order valence-electron chi connectivity index (χ0n) is 10.4. The lowest BCUT2D eigenvalue weighted by Gasteiger charge is -2.14. The molecule has 1 saturated carbocycles. The molecule has 0 bridgehead atoms. The van der Waals surface area contributed by atoms with Crippen LogP contribution in [0.25, 0.3) is 0 Å². The molecule has 0 aromatic heterocycles. The van der Waals surface area contributed by atoms with Crippen molar-refractivity contribution in [3.05, 3.63) is 24.3 Å². The highest BCUT2D eigenvalue weighted by Crippen LogP contribution is 2.31. The summed E-state index contributed by atoms with van der Waals surface area (Å²) >= 11 is 0. The van der Waals surface area contributed by atoms with E-state index >= 15 is 0 Å². The van der Waals surface area contributed by atoms with E-state index in [0.29, 0.717) is 12.2 Å². The van der Waals surface area contributed by atoms with Gasteiger partial charge < -0.3 is 10.5 Å². The van der Waals surface area contributed by atoms with E-state index in [4.69, 9.17) is 10.5 Å². The van der Waals surface area contributed by atoms with Crippen molar-refractivity contribution in [2.24, 2.45) is 5.73 Å². The smallest absolute Gasteiger partial charge is 0.490 e. The summed E-state index contributed by atoms with van der Waals surface area (Å²) in [5, 5.41) is 0. The van der Waals surface area contributed by atoms with E-state index in [2.05, 4.69) is 0 Å². The second kappa shape index (κ2) is 5.25. The average molecular weight is 309 g/mol. The highest BCUT2D eigenvalue weighted by molar-refractivity contribution is 7.92. The third-order valence-electron chi connectivity index (χ3n) is 3.17. The Hall–Kier alpha value is -1.28. The van der Waals surface area contributed by atoms with Crippen LogP contribution in [0.15, 0.2) is 29.2 Å². The molecule has 0 aliphatic heterocycles. The van der Waals surface area contributed by atoms with Gasteiger partial charge in [-0.1, -0.05) is 0 Å². The van der Waals surface area contributed by atoms with Crippen LogP contribution < -0.4 is 10.5 Å². The monoisotopic (exact) mass is 309 g/mol. The van der Waals surface area contributed by atoms with Gasteiger partial charge in [0, 0.05) is 6.04 Å². The molecule has 112 valence electrons. The van der Waals surface area contributed by atoms with E-state index in [1.807, 2.05) is 0 Å². The molecule has 0 heterocycles. The summed E-state index contributed by atoms with van der Waals surface area (Å²) in [6.45, 7) is 0. The Labute approximate surface area is 114 Å². The van der Waals surface area contributed by atoms with Gasteiger partial charge in [-0.05, 0) is 43.5 Å². The number of hydrogen-bond acceptors (Lipinski definition) is 4. The van der Waals surface area contributed by atoms with Crippen molar-refractivity contribution < 1.29 is 26.3 Å². The largest absolute Gasteiger partial charge is 0.501 e. The minimum Gasteiger partial charge on any atom is -0.490 e. The van der Waals surface area contributed by atoms with Crippen LogP contribution in [-0.2, 0) is 9.84 Å². The van der Waals surface area contributed by atoms with Crippen LogP contribution in [0.4, 0.5) is 13.2 Å². The first-order chi connectivity index (χ1) is 9.20. The Morgan fingerprint density at radius 3 is 2.20 bits per heavy atom. The van der Waals surface area contributed by atoms with E-state index in [0.717, 1.165) is 25.0 Å². The molecule has 1 aromatic carbocycles. The van der Waals surface area contributed by atoms with Gasteiger partial charge in [0.05, 0.1) is 4.90 Å². The fourth-order valence-corrected chi connectivity index (χ4v) is 2.87. The molecule has 2 unspecified atom stereocenters. The minimum absolute atomic E-state index is 0.0740. The highest BCUT2D eigenvalue weighted by atomic mass is 32.2. The SMILES string of the molecule is NC1CCC(Oc2ccc(S(=O)(=O)C(F)(F)F)cc2)C1. The molecule has 20 heavy (non-hydrogen) atoms. The van der Waals surface area contributed by atoms with Crippen molar-refractivity contribution in [2.75, 3.05) is 0 Å². The third kappa shape index (κ3) is 3.06. The van der Waals surface area contributed by atoms with Crippen LogP contribution in [0.2, 0.25) is 0 Å². The van der Waals surface area contributed by atoms with E-state index < -0.39 is 20.2 Å². The van der Waals surface area contributed by atoms with Gasteiger partial charge in [0.2, 0.25) is 0 Å². The number of alkyl halides is 3. The lowest BCUT2D eigenvalue weighted by atomic mass is 10.3. The van der Waals surface area contributed by atoms with Gasteiger partial charge >= 0.3 is 5.51 Å². The molecule has 1 aliphatic rings. The molecule has 2 N–H and O–H groups in total. The molecule has 1 fully saturated rings. The summed E-state index contributed by atoms with van der Waals surface area (Å²) in [5.41, 5.74) is 0.426. The predicted octanol–water partition coefficient (Wildman–Crippen LogP) is 2.24. The normalized spacial score (nSPS) is 23.8. The number of rotatable bonds is 3. The summed E-state index contributed by atoms with van der Waals surface area (Å²) in [4.78, 5) is -0.791. The van der Waals surface area contributed by atoms with Crippen LogP contribution >= 0.6 is 0 Å². The molecule has 8 heteroatoms. The van der Waals surface area contributed by atoms with Gasteiger partial charge in [-0.3, -0.25) is 0 Å². The van der Waals surface area contributed by atoms with E-state index in [1.165, 1.54) is 12.1 Å². The lowest BCUT2D eigenvalue weighted by Crippen LogP contribution is -2.23. The zero-order valence-corrected chi connectivity index (χ0v) is 11.2. The highest BCUT2D eigenvalue weighted by Gasteiger charge is 2.46. The molecular weight excluding hydrogens is 295 g/mol. The molecule has 1 aliphatic carbocycles. The van der Waals surface area contributed by atoms with Crippen molar-refractivity contribution in [1.29, 1.82) is 0 Å². The van der Waals surface area contributed by atoms with Crippen molar-refractivity contribution in [2.45, 2.75) is 41.8 Å². The maximum Gasteiger partial charge on any atom is 0.501 e. The van der Waals surface area contributed by atoms with Crippen molar-refractivity contribution in [3.63, 3.8) is 0 Å². The first-order valence-corrected chi connectivity index (χ1v) is 7.52. The topological polar surface area (TPSA) is 69.4 Å². The number of nitrogens with two attached hydrogens (primary N) is 1. The summed E-state index contributed by atoms with van der Waals surface area (Å²) in [6, 6.07) is 4.32. The molecule has 0 amide bonds. The Morgan fingerprint density at radius 1 is 1.15 bits per heavy atom. The molecule has 0 saturated heterocycles. The second-order valence-corrected chi connectivity index (χ2v) is 6.67. The lowest BCUT2D eigenvalue weighted by molar-refractivity contribution is -0.0436. The second-order valence-electron chi connectivity index (χ2n) is 4.73. The molecule has 2 atom stereocenters. The summed E-state index contributed by atoms with van der Waals surface area (Å²) in [7, 11) is -5.30. The maximum absolute atomic E-state index is 12.4. The maximum atomic E-state index is 12.4. The Morgan fingerprint density at radius 2 is 1.75 bits per heavy atom. The van der Waals surface area contributed by atoms with Crippen LogP contribution in [0.3, 0.4) is 0 Å². The Balaban J connectivity index is 2.11. The number of halogens is 3. The van der Waals surface area contributed by atoms with Gasteiger partial charge in [0.15, 0.2) is 0 Å². The first-order valence-electron chi connectivity index (χ1n) is 6.04. The van der Waals surface area contributed by atoms with Gasteiger partial charge in [-0.25, -0.2) is 8.42 Å². The van der Waals surface area contributed by atoms with E-state index in [1.54, 1.807) is 0 Å². The number of benzene rings is 1. The van der Waals surface area contributed by atoms with Crippen molar-refractivity contribution >= 4 is 9.84 Å². The minimum atomic E-state index is -5.30. The van der Waals surface area contributed by atoms with E-state index in [9.17, 15) is 21.6 Å². The van der Waals surface area contributed by atoms with Gasteiger partial charge in [0.25, 0.3) is 9.84 Å². The standard InChI is InChI=1S/C12H14F3NO3S/c13-12(14,15)20(17,18)11-5-3-9(4-6-11)19-10-2-1-8(16)7-10/h3-6,8,10H,1-2,7,16H2. The Kier molecular flexibility index (Phi) is 3.97. The van der Waals surface area contributed by atoms with Crippen molar-refractivity contribution in [1.82, 2.24) is 0 Å². The third-order valence-corrected chi connectivity index (χ3v) is 4.67. The van der Waals surface area contributed by atoms with Gasteiger partial charge in [0.1, 0.15) is 11.9 Å². The average Bonchev–Trinajstić information content (AvgIpc) is 2.74. The molecule has 1 aromatic rings.